The van der Waals surface area contributed by atoms with Crippen LogP contribution in [0.1, 0.15) is 30.5 Å². The van der Waals surface area contributed by atoms with Gasteiger partial charge in [-0.05, 0) is 139 Å². The second kappa shape index (κ2) is 14.0. The summed E-state index contributed by atoms with van der Waals surface area (Å²) in [5.41, 5.74) is 19.8. The number of anilines is 3. The first-order valence-corrected chi connectivity index (χ1v) is 19.9. The smallest absolute Gasteiger partial charge is 0.0465 e. The van der Waals surface area contributed by atoms with Crippen LogP contribution in [0.4, 0.5) is 17.1 Å². The summed E-state index contributed by atoms with van der Waals surface area (Å²) in [5.74, 6) is 0. The molecule has 0 radical (unpaired) electrons. The highest BCUT2D eigenvalue weighted by atomic mass is 15.1. The molecule has 0 aliphatic heterocycles. The predicted molar refractivity (Wildman–Crippen MR) is 243 cm³/mol. The van der Waals surface area contributed by atoms with E-state index in [9.17, 15) is 0 Å². The third-order valence-electron chi connectivity index (χ3n) is 12.0. The van der Waals surface area contributed by atoms with Crippen LogP contribution in [-0.4, -0.2) is 0 Å². The largest absolute Gasteiger partial charge is 0.310 e. The van der Waals surface area contributed by atoms with Crippen molar-refractivity contribution in [2.24, 2.45) is 0 Å². The third-order valence-corrected chi connectivity index (χ3v) is 12.0. The normalized spacial score (nSPS) is 12.6. The van der Waals surface area contributed by atoms with Crippen LogP contribution in [0.5, 0.6) is 0 Å². The van der Waals surface area contributed by atoms with Crippen LogP contribution >= 0.6 is 0 Å². The van der Waals surface area contributed by atoms with Gasteiger partial charge >= 0.3 is 0 Å². The quantitative estimate of drug-likeness (QED) is 0.158. The summed E-state index contributed by atoms with van der Waals surface area (Å²) in [6, 6.07) is 75.7. The Morgan fingerprint density at radius 2 is 0.772 bits per heavy atom. The van der Waals surface area contributed by atoms with Gasteiger partial charge in [0.15, 0.2) is 0 Å². The summed E-state index contributed by atoms with van der Waals surface area (Å²) >= 11 is 0. The van der Waals surface area contributed by atoms with Crippen molar-refractivity contribution in [2.45, 2.75) is 26.2 Å². The van der Waals surface area contributed by atoms with E-state index in [-0.39, 0.29) is 5.41 Å². The van der Waals surface area contributed by atoms with E-state index < -0.39 is 0 Å². The Kier molecular flexibility index (Phi) is 8.46. The van der Waals surface area contributed by atoms with E-state index >= 15 is 0 Å². The van der Waals surface area contributed by atoms with Crippen LogP contribution in [-0.2, 0) is 5.41 Å². The molecule has 0 heterocycles. The van der Waals surface area contributed by atoms with E-state index in [1.807, 2.05) is 0 Å². The lowest BCUT2D eigenvalue weighted by Gasteiger charge is -2.28. The Balaban J connectivity index is 1.07. The number of benzene rings is 9. The highest BCUT2D eigenvalue weighted by molar-refractivity contribution is 5.97. The Morgan fingerprint density at radius 1 is 0.316 bits per heavy atom. The summed E-state index contributed by atoms with van der Waals surface area (Å²) < 4.78 is 0. The Morgan fingerprint density at radius 3 is 1.40 bits per heavy atom. The molecule has 272 valence electrons. The Labute approximate surface area is 336 Å². The molecule has 10 rings (SSSR count). The maximum Gasteiger partial charge on any atom is 0.0465 e. The molecule has 1 aliphatic carbocycles. The molecule has 1 aliphatic rings. The average Bonchev–Trinajstić information content (AvgIpc) is 3.49. The SMILES string of the molecule is Cc1ccccc1-c1cc2ccccc2cc1-c1ccc(N(c2ccc(-c3ccc(-c4ccccc4)cc3)cc2)c2ccc3c(c2)C(C)(C)c2ccccc2-3)cc1. The molecule has 0 aromatic heterocycles. The average molecular weight is 730 g/mol. The van der Waals surface area contributed by atoms with Gasteiger partial charge in [-0.3, -0.25) is 0 Å². The molecule has 9 aromatic rings. The van der Waals surface area contributed by atoms with Gasteiger partial charge < -0.3 is 4.90 Å². The number of hydrogen-bond acceptors (Lipinski definition) is 1. The number of fused-ring (bicyclic) bond motifs is 4. The zero-order chi connectivity index (χ0) is 38.5. The van der Waals surface area contributed by atoms with Gasteiger partial charge in [-0.15, -0.1) is 0 Å². The molecule has 0 saturated carbocycles. The first-order chi connectivity index (χ1) is 27.9. The maximum atomic E-state index is 2.42. The van der Waals surface area contributed by atoms with Crippen molar-refractivity contribution < 1.29 is 0 Å². The fourth-order valence-corrected chi connectivity index (χ4v) is 8.93. The first kappa shape index (κ1) is 34.5. The highest BCUT2D eigenvalue weighted by Gasteiger charge is 2.35. The van der Waals surface area contributed by atoms with Gasteiger partial charge in [-0.1, -0.05) is 172 Å². The standard InChI is InChI=1S/C56H43N/c1-38-13-7-10-18-49(38)53-36-45-17-9-8-16-44(45)35-52(53)43-27-31-47(32-28-43)57(48-33-34-51-50-19-11-12-20-54(50)56(2,3)55(51)37-48)46-29-25-42(26-30-46)41-23-21-40(22-24-41)39-14-5-4-6-15-39/h4-37H,1-3H3. The summed E-state index contributed by atoms with van der Waals surface area (Å²) in [5, 5.41) is 2.49. The van der Waals surface area contributed by atoms with Gasteiger partial charge in [0, 0.05) is 22.5 Å². The fraction of sp³-hybridized carbons (Fsp3) is 0.0714. The molecule has 1 heteroatoms. The van der Waals surface area contributed by atoms with E-state index in [4.69, 9.17) is 0 Å². The van der Waals surface area contributed by atoms with Crippen molar-refractivity contribution in [3.8, 4) is 55.6 Å². The first-order valence-electron chi connectivity index (χ1n) is 19.9. The summed E-state index contributed by atoms with van der Waals surface area (Å²) in [6.45, 7) is 6.92. The second-order valence-corrected chi connectivity index (χ2v) is 15.8. The number of aryl methyl sites for hydroxylation is 1. The van der Waals surface area contributed by atoms with Crippen molar-refractivity contribution in [1.29, 1.82) is 0 Å². The van der Waals surface area contributed by atoms with Gasteiger partial charge in [-0.25, -0.2) is 0 Å². The van der Waals surface area contributed by atoms with Crippen molar-refractivity contribution in [3.63, 3.8) is 0 Å². The van der Waals surface area contributed by atoms with E-state index in [0.29, 0.717) is 0 Å². The molecule has 0 saturated heterocycles. The maximum absolute atomic E-state index is 2.42. The van der Waals surface area contributed by atoms with Gasteiger partial charge in [0.1, 0.15) is 0 Å². The van der Waals surface area contributed by atoms with Crippen LogP contribution in [0.3, 0.4) is 0 Å². The van der Waals surface area contributed by atoms with E-state index in [1.165, 1.54) is 83.1 Å². The molecule has 0 N–H and O–H groups in total. The summed E-state index contributed by atoms with van der Waals surface area (Å²) in [6.07, 6.45) is 0. The van der Waals surface area contributed by atoms with Crippen molar-refractivity contribution in [1.82, 2.24) is 0 Å². The molecule has 0 unspecified atom stereocenters. The molecule has 0 amide bonds. The van der Waals surface area contributed by atoms with Gasteiger partial charge in [0.2, 0.25) is 0 Å². The van der Waals surface area contributed by atoms with Crippen molar-refractivity contribution >= 4 is 27.8 Å². The van der Waals surface area contributed by atoms with Crippen LogP contribution in [0.15, 0.2) is 206 Å². The van der Waals surface area contributed by atoms with E-state index in [1.54, 1.807) is 0 Å². The van der Waals surface area contributed by atoms with Crippen LogP contribution in [0.2, 0.25) is 0 Å². The molecular weight excluding hydrogens is 687 g/mol. The molecule has 0 bridgehead atoms. The summed E-state index contributed by atoms with van der Waals surface area (Å²) in [4.78, 5) is 2.41. The molecule has 57 heavy (non-hydrogen) atoms. The van der Waals surface area contributed by atoms with Crippen LogP contribution in [0, 0.1) is 6.92 Å². The predicted octanol–water partition coefficient (Wildman–Crippen LogP) is 15.6. The van der Waals surface area contributed by atoms with Gasteiger partial charge in [0.05, 0.1) is 0 Å². The zero-order valence-corrected chi connectivity index (χ0v) is 32.6. The van der Waals surface area contributed by atoms with E-state index in [2.05, 4.69) is 232 Å². The van der Waals surface area contributed by atoms with Gasteiger partial charge in [-0.2, -0.15) is 0 Å². The minimum Gasteiger partial charge on any atom is -0.310 e. The summed E-state index contributed by atoms with van der Waals surface area (Å²) in [7, 11) is 0. The lowest BCUT2D eigenvalue weighted by atomic mass is 9.82. The topological polar surface area (TPSA) is 3.24 Å². The molecule has 0 atom stereocenters. The highest BCUT2D eigenvalue weighted by Crippen LogP contribution is 2.51. The van der Waals surface area contributed by atoms with Crippen LogP contribution < -0.4 is 4.90 Å². The number of nitrogens with zero attached hydrogens (tertiary/aromatic N) is 1. The minimum atomic E-state index is -0.102. The minimum absolute atomic E-state index is 0.102. The van der Waals surface area contributed by atoms with Gasteiger partial charge in [0.25, 0.3) is 0 Å². The number of hydrogen-bond donors (Lipinski definition) is 0. The molecular formula is C56H43N. The van der Waals surface area contributed by atoms with Crippen LogP contribution in [0.25, 0.3) is 66.4 Å². The fourth-order valence-electron chi connectivity index (χ4n) is 8.93. The number of rotatable bonds is 7. The van der Waals surface area contributed by atoms with Crippen molar-refractivity contribution in [3.05, 3.63) is 223 Å². The Bertz CT molecular complexity index is 2900. The Hall–Kier alpha value is -6.96. The third kappa shape index (κ3) is 6.13. The molecule has 0 fully saturated rings. The molecule has 1 nitrogen and oxygen atoms in total. The molecule has 0 spiro atoms. The monoisotopic (exact) mass is 729 g/mol. The zero-order valence-electron chi connectivity index (χ0n) is 32.6. The second-order valence-electron chi connectivity index (χ2n) is 15.8. The lowest BCUT2D eigenvalue weighted by Crippen LogP contribution is -2.16. The molecule has 9 aromatic carbocycles. The van der Waals surface area contributed by atoms with Crippen molar-refractivity contribution in [2.75, 3.05) is 4.90 Å². The lowest BCUT2D eigenvalue weighted by molar-refractivity contribution is 0.660. The van der Waals surface area contributed by atoms with E-state index in [0.717, 1.165) is 17.1 Å².